The van der Waals surface area contributed by atoms with Gasteiger partial charge in [0.2, 0.25) is 5.91 Å². The summed E-state index contributed by atoms with van der Waals surface area (Å²) in [7, 11) is 3.20. The molecule has 1 aromatic carbocycles. The highest BCUT2D eigenvalue weighted by atomic mass is 35.5. The third-order valence-electron chi connectivity index (χ3n) is 4.76. The fraction of sp³-hybridized carbons (Fsp3) is 0.350. The van der Waals surface area contributed by atoms with E-state index in [1.54, 1.807) is 35.1 Å². The van der Waals surface area contributed by atoms with E-state index in [1.807, 2.05) is 24.0 Å². The molecule has 0 aliphatic heterocycles. The fourth-order valence-corrected chi connectivity index (χ4v) is 3.27. The average molecular weight is 420 g/mol. The molecule has 0 aliphatic rings. The summed E-state index contributed by atoms with van der Waals surface area (Å²) in [6.45, 7) is 3.45. The van der Waals surface area contributed by atoms with Crippen molar-refractivity contribution in [2.24, 2.45) is 0 Å². The van der Waals surface area contributed by atoms with Gasteiger partial charge in [-0.2, -0.15) is 5.10 Å². The number of pyridine rings is 1. The fourth-order valence-electron chi connectivity index (χ4n) is 3.04. The number of anilines is 1. The maximum absolute atomic E-state index is 14.4. The molecule has 0 bridgehead atoms. The second kappa shape index (κ2) is 9.09. The van der Waals surface area contributed by atoms with Gasteiger partial charge in [-0.05, 0) is 25.1 Å². The van der Waals surface area contributed by atoms with Gasteiger partial charge in [-0.3, -0.25) is 4.79 Å². The maximum Gasteiger partial charge on any atom is 0.244 e. The van der Waals surface area contributed by atoms with Gasteiger partial charge in [-0.25, -0.2) is 14.1 Å². The van der Waals surface area contributed by atoms with Crippen molar-refractivity contribution in [1.29, 1.82) is 0 Å². The number of benzene rings is 1. The number of nitrogens with zero attached hydrogens (tertiary/aromatic N) is 5. The number of hydrogen-bond acceptors (Lipinski definition) is 5. The minimum Gasteiger partial charge on any atom is -0.495 e. The van der Waals surface area contributed by atoms with E-state index in [4.69, 9.17) is 16.3 Å². The van der Waals surface area contributed by atoms with Crippen LogP contribution in [-0.2, 0) is 11.3 Å². The van der Waals surface area contributed by atoms with Gasteiger partial charge in [-0.15, -0.1) is 0 Å². The molecule has 154 valence electrons. The van der Waals surface area contributed by atoms with Crippen LogP contribution in [0.4, 0.5) is 10.1 Å². The predicted octanol–water partition coefficient (Wildman–Crippen LogP) is 3.22. The second-order valence-corrected chi connectivity index (χ2v) is 6.96. The van der Waals surface area contributed by atoms with Crippen LogP contribution in [0.5, 0.6) is 5.75 Å². The Labute approximate surface area is 173 Å². The first-order valence-electron chi connectivity index (χ1n) is 9.23. The molecule has 2 heterocycles. The lowest BCUT2D eigenvalue weighted by Gasteiger charge is -2.27. The van der Waals surface area contributed by atoms with Crippen molar-refractivity contribution in [2.45, 2.75) is 13.5 Å². The highest BCUT2D eigenvalue weighted by Crippen LogP contribution is 2.32. The summed E-state index contributed by atoms with van der Waals surface area (Å²) in [6, 6.07) is 6.54. The van der Waals surface area contributed by atoms with Gasteiger partial charge in [0.15, 0.2) is 5.65 Å². The summed E-state index contributed by atoms with van der Waals surface area (Å²) < 4.78 is 21.2. The van der Waals surface area contributed by atoms with E-state index in [2.05, 4.69) is 10.1 Å². The van der Waals surface area contributed by atoms with Gasteiger partial charge in [0, 0.05) is 44.3 Å². The lowest BCUT2D eigenvalue weighted by atomic mass is 10.2. The Morgan fingerprint density at radius 2 is 2.14 bits per heavy atom. The molecule has 0 fully saturated rings. The minimum atomic E-state index is -0.430. The highest BCUT2D eigenvalue weighted by molar-refractivity contribution is 6.32. The summed E-state index contributed by atoms with van der Waals surface area (Å²) in [5, 5.41) is 5.34. The molecule has 2 aromatic heterocycles. The number of hydrogen-bond donors (Lipinski definition) is 0. The van der Waals surface area contributed by atoms with E-state index in [1.165, 1.54) is 13.2 Å². The molecule has 1 amide bonds. The molecule has 0 atom stereocenters. The molecule has 0 unspecified atom stereocenters. The number of halogens is 2. The van der Waals surface area contributed by atoms with Gasteiger partial charge in [0.25, 0.3) is 0 Å². The summed E-state index contributed by atoms with van der Waals surface area (Å²) >= 11 is 5.98. The van der Waals surface area contributed by atoms with Crippen LogP contribution in [0.25, 0.3) is 11.0 Å². The molecule has 0 saturated heterocycles. The Kier molecular flexibility index (Phi) is 6.53. The average Bonchev–Trinajstić information content (AvgIpc) is 3.12. The molecule has 0 aliphatic carbocycles. The Hall–Kier alpha value is -2.87. The number of amides is 1. The summed E-state index contributed by atoms with van der Waals surface area (Å²) in [5.41, 5.74) is 1.05. The smallest absolute Gasteiger partial charge is 0.244 e. The first-order chi connectivity index (χ1) is 13.9. The molecule has 0 radical (unpaired) electrons. The van der Waals surface area contributed by atoms with Gasteiger partial charge in [0.05, 0.1) is 24.0 Å². The standard InChI is InChI=1S/C20H23ClFN5O2/c1-4-26(17-11-18(29-3)15(21)10-16(17)22)9-8-25(2)19(28)13-27-20-14(12-24-27)6-5-7-23-20/h5-7,10-12H,4,8-9,13H2,1-3H3. The van der Waals surface area contributed by atoms with Crippen molar-refractivity contribution in [3.63, 3.8) is 0 Å². The molecular formula is C20H23ClFN5O2. The molecule has 3 aromatic rings. The number of methoxy groups -OCH3 is 1. The monoisotopic (exact) mass is 419 g/mol. The molecule has 29 heavy (non-hydrogen) atoms. The van der Waals surface area contributed by atoms with Gasteiger partial charge in [-0.1, -0.05) is 11.6 Å². The van der Waals surface area contributed by atoms with E-state index in [0.29, 0.717) is 36.7 Å². The lowest BCUT2D eigenvalue weighted by molar-refractivity contribution is -0.130. The topological polar surface area (TPSA) is 63.5 Å². The zero-order chi connectivity index (χ0) is 21.0. The molecule has 0 spiro atoms. The van der Waals surface area contributed by atoms with Crippen molar-refractivity contribution in [1.82, 2.24) is 19.7 Å². The van der Waals surface area contributed by atoms with Crippen LogP contribution in [0.15, 0.2) is 36.7 Å². The number of ether oxygens (including phenoxy) is 1. The Morgan fingerprint density at radius 1 is 1.34 bits per heavy atom. The van der Waals surface area contributed by atoms with E-state index in [0.717, 1.165) is 5.39 Å². The third-order valence-corrected chi connectivity index (χ3v) is 5.05. The van der Waals surface area contributed by atoms with Crippen LogP contribution in [-0.4, -0.2) is 59.4 Å². The second-order valence-electron chi connectivity index (χ2n) is 6.55. The number of carbonyl (C=O) groups is 1. The number of likely N-dealkylation sites (N-methyl/N-ethyl adjacent to an activating group) is 2. The SMILES string of the molecule is CCN(CCN(C)C(=O)Cn1ncc2cccnc21)c1cc(OC)c(Cl)cc1F. The summed E-state index contributed by atoms with van der Waals surface area (Å²) in [5.74, 6) is -0.129. The first kappa shape index (κ1) is 20.9. The molecule has 7 nitrogen and oxygen atoms in total. The summed E-state index contributed by atoms with van der Waals surface area (Å²) in [6.07, 6.45) is 3.36. The van der Waals surface area contributed by atoms with Crippen molar-refractivity contribution < 1.29 is 13.9 Å². The zero-order valence-corrected chi connectivity index (χ0v) is 17.4. The Balaban J connectivity index is 1.65. The number of carbonyl (C=O) groups excluding carboxylic acids is 1. The minimum absolute atomic E-state index is 0.0896. The highest BCUT2D eigenvalue weighted by Gasteiger charge is 2.17. The van der Waals surface area contributed by atoms with Crippen molar-refractivity contribution in [3.05, 3.63) is 47.5 Å². The normalized spacial score (nSPS) is 10.9. The van der Waals surface area contributed by atoms with Crippen LogP contribution < -0.4 is 9.64 Å². The van der Waals surface area contributed by atoms with E-state index in [-0.39, 0.29) is 17.5 Å². The zero-order valence-electron chi connectivity index (χ0n) is 16.6. The van der Waals surface area contributed by atoms with Crippen LogP contribution in [0, 0.1) is 5.82 Å². The Morgan fingerprint density at radius 3 is 2.86 bits per heavy atom. The molecular weight excluding hydrogens is 397 g/mol. The maximum atomic E-state index is 14.4. The number of aromatic nitrogens is 3. The number of rotatable bonds is 8. The third kappa shape index (κ3) is 4.59. The van der Waals surface area contributed by atoms with Crippen LogP contribution in [0.2, 0.25) is 5.02 Å². The quantitative estimate of drug-likeness (QED) is 0.561. The molecule has 3 rings (SSSR count). The largest absolute Gasteiger partial charge is 0.495 e. The van der Waals surface area contributed by atoms with Crippen LogP contribution >= 0.6 is 11.6 Å². The van der Waals surface area contributed by atoms with Crippen LogP contribution in [0.3, 0.4) is 0 Å². The number of fused-ring (bicyclic) bond motifs is 1. The van der Waals surface area contributed by atoms with Crippen molar-refractivity contribution in [3.8, 4) is 5.75 Å². The van der Waals surface area contributed by atoms with Gasteiger partial charge in [0.1, 0.15) is 18.1 Å². The van der Waals surface area contributed by atoms with Crippen molar-refractivity contribution in [2.75, 3.05) is 38.7 Å². The predicted molar refractivity (Wildman–Crippen MR) is 111 cm³/mol. The lowest BCUT2D eigenvalue weighted by Crippen LogP contribution is -2.38. The van der Waals surface area contributed by atoms with Gasteiger partial charge < -0.3 is 14.5 Å². The van der Waals surface area contributed by atoms with E-state index in [9.17, 15) is 9.18 Å². The molecule has 9 heteroatoms. The van der Waals surface area contributed by atoms with Gasteiger partial charge >= 0.3 is 0 Å². The van der Waals surface area contributed by atoms with Crippen LogP contribution in [0.1, 0.15) is 6.92 Å². The first-order valence-corrected chi connectivity index (χ1v) is 9.60. The summed E-state index contributed by atoms with van der Waals surface area (Å²) in [4.78, 5) is 20.3. The van der Waals surface area contributed by atoms with E-state index < -0.39 is 5.82 Å². The molecule has 0 saturated carbocycles. The van der Waals surface area contributed by atoms with E-state index >= 15 is 0 Å². The Bertz CT molecular complexity index is 1010. The molecule has 0 N–H and O–H groups in total. The van der Waals surface area contributed by atoms with Crippen molar-refractivity contribution >= 4 is 34.2 Å².